The summed E-state index contributed by atoms with van der Waals surface area (Å²) < 4.78 is 56.8. The molecule has 8 heteroatoms. The lowest BCUT2D eigenvalue weighted by atomic mass is 10.0. The third-order valence-corrected chi connectivity index (χ3v) is 5.20. The Morgan fingerprint density at radius 2 is 1.74 bits per heavy atom. The molecule has 3 atom stereocenters. The van der Waals surface area contributed by atoms with Crippen LogP contribution in [0.15, 0.2) is 30.3 Å². The van der Waals surface area contributed by atoms with Crippen LogP contribution in [0, 0.1) is 5.92 Å². The van der Waals surface area contributed by atoms with Gasteiger partial charge in [-0.3, -0.25) is 8.37 Å². The molecule has 0 N–H and O–H groups in total. The van der Waals surface area contributed by atoms with E-state index < -0.39 is 31.9 Å². The average Bonchev–Trinajstić information content (AvgIpc) is 3.08. The van der Waals surface area contributed by atoms with Crippen molar-refractivity contribution in [2.75, 3.05) is 12.5 Å². The Hall–Kier alpha value is -0.960. The van der Waals surface area contributed by atoms with E-state index >= 15 is 0 Å². The number of hydrogen-bond acceptors (Lipinski definition) is 6. The van der Waals surface area contributed by atoms with Gasteiger partial charge in [0.25, 0.3) is 20.2 Å². The van der Waals surface area contributed by atoms with Crippen LogP contribution in [0.3, 0.4) is 0 Å². The molecule has 1 unspecified atom stereocenters. The molecule has 6 nitrogen and oxygen atoms in total. The molecular formula is C15H22O6S2. The maximum Gasteiger partial charge on any atom is 0.264 e. The van der Waals surface area contributed by atoms with Crippen LogP contribution in [0.5, 0.6) is 0 Å². The highest BCUT2D eigenvalue weighted by Crippen LogP contribution is 2.55. The first-order valence-electron chi connectivity index (χ1n) is 7.38. The van der Waals surface area contributed by atoms with Crippen molar-refractivity contribution in [3.05, 3.63) is 35.9 Å². The van der Waals surface area contributed by atoms with Crippen LogP contribution >= 0.6 is 0 Å². The lowest BCUT2D eigenvalue weighted by Crippen LogP contribution is -2.26. The van der Waals surface area contributed by atoms with Crippen LogP contribution in [0.1, 0.15) is 37.9 Å². The van der Waals surface area contributed by atoms with Crippen molar-refractivity contribution >= 4 is 20.2 Å². The normalized spacial score (nSPS) is 26.0. The van der Waals surface area contributed by atoms with Gasteiger partial charge in [-0.2, -0.15) is 16.8 Å². The molecule has 0 radical (unpaired) electrons. The highest BCUT2D eigenvalue weighted by Gasteiger charge is 2.58. The van der Waals surface area contributed by atoms with Crippen LogP contribution < -0.4 is 0 Å². The first-order valence-corrected chi connectivity index (χ1v) is 11.0. The molecule has 1 aromatic rings. The highest BCUT2D eigenvalue weighted by molar-refractivity contribution is 7.86. The summed E-state index contributed by atoms with van der Waals surface area (Å²) in [5, 5.41) is 0. The molecule has 0 heterocycles. The third kappa shape index (κ3) is 5.27. The monoisotopic (exact) mass is 362 g/mol. The van der Waals surface area contributed by atoms with E-state index in [1.54, 1.807) is 24.3 Å². The molecule has 0 spiro atoms. The fourth-order valence-corrected chi connectivity index (χ4v) is 4.44. The van der Waals surface area contributed by atoms with Crippen LogP contribution in [-0.2, 0) is 28.6 Å². The van der Waals surface area contributed by atoms with E-state index in [0.29, 0.717) is 12.0 Å². The Bertz CT molecular complexity index is 741. The zero-order chi connectivity index (χ0) is 17.3. The Kier molecular flexibility index (Phi) is 5.20. The highest BCUT2D eigenvalue weighted by atomic mass is 32.2. The summed E-state index contributed by atoms with van der Waals surface area (Å²) in [7, 11) is -7.33. The molecule has 1 saturated carbocycles. The van der Waals surface area contributed by atoms with Crippen molar-refractivity contribution in [1.29, 1.82) is 0 Å². The lowest BCUT2D eigenvalue weighted by molar-refractivity contribution is 0.0924. The fourth-order valence-electron chi connectivity index (χ4n) is 2.96. The van der Waals surface area contributed by atoms with Gasteiger partial charge in [0, 0.05) is 6.42 Å². The molecule has 1 aromatic carbocycles. The van der Waals surface area contributed by atoms with E-state index in [4.69, 9.17) is 8.37 Å². The van der Waals surface area contributed by atoms with Crippen LogP contribution in [0.4, 0.5) is 0 Å². The molecule has 0 aliphatic heterocycles. The predicted molar refractivity (Wildman–Crippen MR) is 86.8 cm³/mol. The van der Waals surface area contributed by atoms with E-state index in [2.05, 4.69) is 0 Å². The molecule has 0 saturated heterocycles. The maximum atomic E-state index is 11.6. The Morgan fingerprint density at radius 1 is 1.13 bits per heavy atom. The predicted octanol–water partition coefficient (Wildman–Crippen LogP) is 2.24. The van der Waals surface area contributed by atoms with Gasteiger partial charge >= 0.3 is 0 Å². The standard InChI is InChI=1S/C15H22O6S2/c1-4-13-10-15(13,21-23(3,18)19)11-14(20-22(2,16)17)12-8-6-5-7-9-12/h5-9,13-14H,4,10-11H2,1-3H3/t13-,14?,15+/m1/s1. The smallest absolute Gasteiger partial charge is 0.263 e. The SMILES string of the molecule is CC[C@@H]1C[C@@]1(CC(OS(C)(=O)=O)c1ccccc1)OS(C)(=O)=O. The molecule has 0 aromatic heterocycles. The van der Waals surface area contributed by atoms with Gasteiger partial charge in [-0.15, -0.1) is 0 Å². The zero-order valence-electron chi connectivity index (χ0n) is 13.4. The topological polar surface area (TPSA) is 86.7 Å². The second-order valence-electron chi connectivity index (χ2n) is 6.07. The minimum Gasteiger partial charge on any atom is -0.263 e. The van der Waals surface area contributed by atoms with Crippen LogP contribution in [0.2, 0.25) is 0 Å². The Labute approximate surface area is 138 Å². The second-order valence-corrected chi connectivity index (χ2v) is 9.24. The molecule has 2 rings (SSSR count). The summed E-state index contributed by atoms with van der Waals surface area (Å²) in [5.74, 6) is 0.0756. The van der Waals surface area contributed by atoms with Gasteiger partial charge in [-0.1, -0.05) is 43.7 Å². The summed E-state index contributed by atoms with van der Waals surface area (Å²) in [5.41, 5.74) is -0.204. The van der Waals surface area contributed by atoms with Crippen LogP contribution in [0.25, 0.3) is 0 Å². The van der Waals surface area contributed by atoms with Crippen molar-refractivity contribution in [3.8, 4) is 0 Å². The van der Waals surface area contributed by atoms with E-state index in [1.165, 1.54) is 0 Å². The van der Waals surface area contributed by atoms with Crippen molar-refractivity contribution in [1.82, 2.24) is 0 Å². The largest absolute Gasteiger partial charge is 0.264 e. The summed E-state index contributed by atoms with van der Waals surface area (Å²) >= 11 is 0. The molecule has 23 heavy (non-hydrogen) atoms. The fraction of sp³-hybridized carbons (Fsp3) is 0.600. The maximum absolute atomic E-state index is 11.6. The Balaban J connectivity index is 2.29. The zero-order valence-corrected chi connectivity index (χ0v) is 15.1. The molecule has 0 amide bonds. The number of hydrogen-bond donors (Lipinski definition) is 0. The van der Waals surface area contributed by atoms with Crippen molar-refractivity contribution < 1.29 is 25.2 Å². The van der Waals surface area contributed by atoms with E-state index in [1.807, 2.05) is 13.0 Å². The van der Waals surface area contributed by atoms with Gasteiger partial charge in [-0.05, 0) is 17.9 Å². The summed E-state index contributed by atoms with van der Waals surface area (Å²) in [6.07, 6.45) is 2.73. The van der Waals surface area contributed by atoms with Gasteiger partial charge < -0.3 is 0 Å². The number of rotatable bonds is 8. The van der Waals surface area contributed by atoms with E-state index in [-0.39, 0.29) is 12.3 Å². The minimum atomic E-state index is -3.69. The van der Waals surface area contributed by atoms with Crippen LogP contribution in [-0.4, -0.2) is 34.9 Å². The van der Waals surface area contributed by atoms with Gasteiger partial charge in [0.1, 0.15) is 6.10 Å². The van der Waals surface area contributed by atoms with Gasteiger partial charge in [-0.25, -0.2) is 0 Å². The molecular weight excluding hydrogens is 340 g/mol. The lowest BCUT2D eigenvalue weighted by Gasteiger charge is -2.23. The molecule has 0 bridgehead atoms. The molecule has 1 aliphatic carbocycles. The molecule has 1 fully saturated rings. The van der Waals surface area contributed by atoms with Gasteiger partial charge in [0.2, 0.25) is 0 Å². The van der Waals surface area contributed by atoms with Gasteiger partial charge in [0.15, 0.2) is 0 Å². The van der Waals surface area contributed by atoms with Gasteiger partial charge in [0.05, 0.1) is 18.1 Å². The van der Waals surface area contributed by atoms with Crippen molar-refractivity contribution in [3.63, 3.8) is 0 Å². The Morgan fingerprint density at radius 3 is 2.17 bits per heavy atom. The quantitative estimate of drug-likeness (QED) is 0.659. The first kappa shape index (κ1) is 18.4. The second kappa shape index (κ2) is 6.51. The number of benzene rings is 1. The molecule has 1 aliphatic rings. The summed E-state index contributed by atoms with van der Waals surface area (Å²) in [4.78, 5) is 0. The van der Waals surface area contributed by atoms with Crippen molar-refractivity contribution in [2.45, 2.75) is 37.9 Å². The minimum absolute atomic E-state index is 0.0756. The molecule has 130 valence electrons. The first-order chi connectivity index (χ1) is 10.5. The van der Waals surface area contributed by atoms with E-state index in [9.17, 15) is 16.8 Å². The van der Waals surface area contributed by atoms with E-state index in [0.717, 1.165) is 18.9 Å². The summed E-state index contributed by atoms with van der Waals surface area (Å²) in [6, 6.07) is 8.89. The van der Waals surface area contributed by atoms with Crippen molar-refractivity contribution in [2.24, 2.45) is 5.92 Å². The average molecular weight is 362 g/mol. The third-order valence-electron chi connectivity index (χ3n) is 3.98. The summed E-state index contributed by atoms with van der Waals surface area (Å²) in [6.45, 7) is 1.95.